The third-order valence-corrected chi connectivity index (χ3v) is 3.44. The molecule has 0 atom stereocenters. The largest absolute Gasteiger partial charge is 0.416 e. The second kappa shape index (κ2) is 5.12. The molecule has 3 aromatic rings. The number of benzene rings is 1. The molecular formula is C16H14F3N3. The molecule has 3 nitrogen and oxygen atoms in total. The van der Waals surface area contributed by atoms with Crippen LogP contribution in [0.25, 0.3) is 16.9 Å². The molecule has 0 aliphatic carbocycles. The molecule has 2 aromatic heterocycles. The van der Waals surface area contributed by atoms with E-state index in [9.17, 15) is 13.2 Å². The molecule has 0 radical (unpaired) electrons. The van der Waals surface area contributed by atoms with Crippen LogP contribution in [0.2, 0.25) is 0 Å². The molecule has 0 amide bonds. The lowest BCUT2D eigenvalue weighted by Crippen LogP contribution is -2.04. The van der Waals surface area contributed by atoms with Crippen molar-refractivity contribution in [2.75, 3.05) is 0 Å². The zero-order valence-electron chi connectivity index (χ0n) is 12.1. The first-order valence-electron chi connectivity index (χ1n) is 6.87. The van der Waals surface area contributed by atoms with E-state index in [4.69, 9.17) is 0 Å². The number of halogens is 3. The normalized spacial score (nSPS) is 12.3. The average molecular weight is 305 g/mol. The van der Waals surface area contributed by atoms with Crippen molar-refractivity contribution >= 4 is 5.65 Å². The van der Waals surface area contributed by atoms with Crippen LogP contribution in [0.4, 0.5) is 13.2 Å². The summed E-state index contributed by atoms with van der Waals surface area (Å²) < 4.78 is 40.2. The summed E-state index contributed by atoms with van der Waals surface area (Å²) in [6.45, 7) is 4.06. The Kier molecular flexibility index (Phi) is 3.39. The van der Waals surface area contributed by atoms with Gasteiger partial charge in [-0.2, -0.15) is 13.2 Å². The molecular weight excluding hydrogens is 291 g/mol. The highest BCUT2D eigenvalue weighted by Gasteiger charge is 2.30. The predicted octanol–water partition coefficient (Wildman–Crippen LogP) is 4.54. The van der Waals surface area contributed by atoms with Crippen LogP contribution in [0, 0.1) is 0 Å². The van der Waals surface area contributed by atoms with Crippen LogP contribution in [0.15, 0.2) is 42.9 Å². The zero-order valence-corrected chi connectivity index (χ0v) is 12.1. The number of aromatic nitrogens is 3. The van der Waals surface area contributed by atoms with Crippen LogP contribution >= 0.6 is 0 Å². The van der Waals surface area contributed by atoms with Crippen molar-refractivity contribution in [3.05, 3.63) is 54.1 Å². The van der Waals surface area contributed by atoms with Gasteiger partial charge in [0.05, 0.1) is 23.1 Å². The molecule has 1 aromatic carbocycles. The van der Waals surface area contributed by atoms with E-state index in [-0.39, 0.29) is 5.92 Å². The third-order valence-electron chi connectivity index (χ3n) is 3.44. The first-order valence-corrected chi connectivity index (χ1v) is 6.87. The maximum Gasteiger partial charge on any atom is 0.416 e. The molecule has 3 rings (SSSR count). The van der Waals surface area contributed by atoms with E-state index >= 15 is 0 Å². The molecule has 22 heavy (non-hydrogen) atoms. The van der Waals surface area contributed by atoms with Gasteiger partial charge in [0.2, 0.25) is 0 Å². The topological polar surface area (TPSA) is 30.2 Å². The van der Waals surface area contributed by atoms with Crippen molar-refractivity contribution in [1.29, 1.82) is 0 Å². The molecule has 0 N–H and O–H groups in total. The summed E-state index contributed by atoms with van der Waals surface area (Å²) >= 11 is 0. The minimum atomic E-state index is -4.36. The maximum atomic E-state index is 12.8. The molecule has 0 unspecified atom stereocenters. The summed E-state index contributed by atoms with van der Waals surface area (Å²) in [5, 5.41) is 0. The predicted molar refractivity (Wildman–Crippen MR) is 77.5 cm³/mol. The Balaban J connectivity index is 2.06. The van der Waals surface area contributed by atoms with Crippen molar-refractivity contribution in [1.82, 2.24) is 14.4 Å². The maximum absolute atomic E-state index is 12.8. The fourth-order valence-corrected chi connectivity index (χ4v) is 2.20. The van der Waals surface area contributed by atoms with E-state index in [2.05, 4.69) is 9.97 Å². The molecule has 6 heteroatoms. The number of hydrogen-bond acceptors (Lipinski definition) is 2. The molecule has 0 saturated carbocycles. The summed E-state index contributed by atoms with van der Waals surface area (Å²) in [7, 11) is 0. The highest BCUT2D eigenvalue weighted by molar-refractivity contribution is 5.61. The lowest BCUT2D eigenvalue weighted by Gasteiger charge is -2.08. The molecule has 114 valence electrons. The van der Waals surface area contributed by atoms with Crippen LogP contribution in [0.1, 0.15) is 31.0 Å². The number of hydrogen-bond donors (Lipinski definition) is 0. The standard InChI is InChI=1S/C16H14F3N3/c1-10(2)13-8-22-9-14(20-7-15(22)21-13)11-4-3-5-12(6-11)16(17,18)19/h3-10H,1-2H3. The molecule has 0 aliphatic heterocycles. The van der Waals surface area contributed by atoms with E-state index in [1.807, 2.05) is 20.0 Å². The van der Waals surface area contributed by atoms with Crippen molar-refractivity contribution in [3.63, 3.8) is 0 Å². The highest BCUT2D eigenvalue weighted by atomic mass is 19.4. The average Bonchev–Trinajstić information content (AvgIpc) is 2.89. The summed E-state index contributed by atoms with van der Waals surface area (Å²) in [4.78, 5) is 8.65. The SMILES string of the molecule is CC(C)c1cn2cc(-c3cccc(C(F)(F)F)c3)ncc2n1. The smallest absolute Gasteiger partial charge is 0.303 e. The van der Waals surface area contributed by atoms with Crippen molar-refractivity contribution < 1.29 is 13.2 Å². The number of alkyl halides is 3. The highest BCUT2D eigenvalue weighted by Crippen LogP contribution is 2.31. The Hall–Kier alpha value is -2.37. The molecule has 0 aliphatic rings. The first-order chi connectivity index (χ1) is 10.3. The van der Waals surface area contributed by atoms with Crippen molar-refractivity contribution in [2.45, 2.75) is 25.9 Å². The fraction of sp³-hybridized carbons (Fsp3) is 0.250. The Labute approximate surface area is 125 Å². The van der Waals surface area contributed by atoms with Gasteiger partial charge in [-0.3, -0.25) is 4.98 Å². The lowest BCUT2D eigenvalue weighted by molar-refractivity contribution is -0.137. The van der Waals surface area contributed by atoms with Gasteiger partial charge in [-0.25, -0.2) is 4.98 Å². The Morgan fingerprint density at radius 1 is 1.14 bits per heavy atom. The van der Waals surface area contributed by atoms with Gasteiger partial charge in [0.15, 0.2) is 5.65 Å². The molecule has 0 bridgehead atoms. The number of rotatable bonds is 2. The monoisotopic (exact) mass is 305 g/mol. The van der Waals surface area contributed by atoms with Crippen LogP contribution in [-0.2, 0) is 6.18 Å². The van der Waals surface area contributed by atoms with Crippen LogP contribution in [0.5, 0.6) is 0 Å². The van der Waals surface area contributed by atoms with Crippen molar-refractivity contribution in [2.24, 2.45) is 0 Å². The fourth-order valence-electron chi connectivity index (χ4n) is 2.20. The van der Waals surface area contributed by atoms with Crippen LogP contribution in [-0.4, -0.2) is 14.4 Å². The lowest BCUT2D eigenvalue weighted by atomic mass is 10.1. The number of nitrogens with zero attached hydrogens (tertiary/aromatic N) is 3. The van der Waals surface area contributed by atoms with E-state index in [0.29, 0.717) is 16.9 Å². The van der Waals surface area contributed by atoms with Gasteiger partial charge in [-0.1, -0.05) is 26.0 Å². The van der Waals surface area contributed by atoms with Crippen LogP contribution in [0.3, 0.4) is 0 Å². The van der Waals surface area contributed by atoms with Gasteiger partial charge >= 0.3 is 6.18 Å². The van der Waals surface area contributed by atoms with Gasteiger partial charge in [-0.15, -0.1) is 0 Å². The molecule has 0 fully saturated rings. The van der Waals surface area contributed by atoms with Crippen molar-refractivity contribution in [3.8, 4) is 11.3 Å². The summed E-state index contributed by atoms with van der Waals surface area (Å²) in [5.41, 5.74) is 1.82. The number of fused-ring (bicyclic) bond motifs is 1. The minimum absolute atomic E-state index is 0.275. The Bertz CT molecular complexity index is 819. The Morgan fingerprint density at radius 2 is 1.91 bits per heavy atom. The van der Waals surface area contributed by atoms with E-state index in [0.717, 1.165) is 17.8 Å². The van der Waals surface area contributed by atoms with E-state index < -0.39 is 11.7 Å². The number of imidazole rings is 1. The van der Waals surface area contributed by atoms with E-state index in [1.54, 1.807) is 22.9 Å². The van der Waals surface area contributed by atoms with Gasteiger partial charge in [0.1, 0.15) is 0 Å². The van der Waals surface area contributed by atoms with Gasteiger partial charge in [-0.05, 0) is 18.1 Å². The first kappa shape index (κ1) is 14.6. The third kappa shape index (κ3) is 2.68. The second-order valence-electron chi connectivity index (χ2n) is 5.44. The molecule has 0 spiro atoms. The summed E-state index contributed by atoms with van der Waals surface area (Å²) in [6, 6.07) is 5.16. The van der Waals surface area contributed by atoms with Gasteiger partial charge in [0.25, 0.3) is 0 Å². The summed E-state index contributed by atoms with van der Waals surface area (Å²) in [6.07, 6.45) is 0.782. The quantitative estimate of drug-likeness (QED) is 0.696. The zero-order chi connectivity index (χ0) is 15.9. The van der Waals surface area contributed by atoms with E-state index in [1.165, 1.54) is 6.07 Å². The summed E-state index contributed by atoms with van der Waals surface area (Å²) in [5.74, 6) is 0.275. The van der Waals surface area contributed by atoms with Gasteiger partial charge in [0, 0.05) is 18.0 Å². The van der Waals surface area contributed by atoms with Crippen LogP contribution < -0.4 is 0 Å². The van der Waals surface area contributed by atoms with Gasteiger partial charge < -0.3 is 4.40 Å². The second-order valence-corrected chi connectivity index (χ2v) is 5.44. The Morgan fingerprint density at radius 3 is 2.59 bits per heavy atom. The molecule has 2 heterocycles. The minimum Gasteiger partial charge on any atom is -0.303 e. The molecule has 0 saturated heterocycles.